The Bertz CT molecular complexity index is 1170. The van der Waals surface area contributed by atoms with E-state index in [1.165, 1.54) is 11.8 Å². The summed E-state index contributed by atoms with van der Waals surface area (Å²) in [6.45, 7) is 0. The van der Waals surface area contributed by atoms with Crippen molar-refractivity contribution >= 4 is 45.9 Å². The lowest BCUT2D eigenvalue weighted by Gasteiger charge is -2.13. The highest BCUT2D eigenvalue weighted by molar-refractivity contribution is 7.98. The van der Waals surface area contributed by atoms with Gasteiger partial charge in [-0.15, -0.1) is 0 Å². The number of hydrogen-bond donors (Lipinski definition) is 0. The van der Waals surface area contributed by atoms with E-state index in [0.717, 1.165) is 11.3 Å². The molecule has 0 saturated heterocycles. The van der Waals surface area contributed by atoms with Gasteiger partial charge in [-0.25, -0.2) is 4.98 Å². The van der Waals surface area contributed by atoms with E-state index >= 15 is 0 Å². The van der Waals surface area contributed by atoms with E-state index in [4.69, 9.17) is 28.2 Å². The van der Waals surface area contributed by atoms with E-state index in [0.29, 0.717) is 31.9 Å². The fraction of sp³-hybridized carbons (Fsp3) is 0.0476. The summed E-state index contributed by atoms with van der Waals surface area (Å²) in [6, 6.07) is 22.2. The second-order valence-corrected chi connectivity index (χ2v) is 7.76. The van der Waals surface area contributed by atoms with Crippen LogP contribution in [-0.4, -0.2) is 9.55 Å². The first kappa shape index (κ1) is 18.1. The van der Waals surface area contributed by atoms with E-state index in [1.54, 1.807) is 22.8 Å². The fourth-order valence-corrected chi connectivity index (χ4v) is 4.10. The Hall–Kier alpha value is -2.27. The zero-order valence-corrected chi connectivity index (χ0v) is 16.4. The summed E-state index contributed by atoms with van der Waals surface area (Å²) >= 11 is 13.6. The highest BCUT2D eigenvalue weighted by Crippen LogP contribution is 2.26. The van der Waals surface area contributed by atoms with Gasteiger partial charge < -0.3 is 0 Å². The quantitative estimate of drug-likeness (QED) is 0.305. The van der Waals surface area contributed by atoms with Gasteiger partial charge in [-0.05, 0) is 54.1 Å². The smallest absolute Gasteiger partial charge is 0.266 e. The van der Waals surface area contributed by atoms with E-state index in [2.05, 4.69) is 0 Å². The molecule has 3 aromatic carbocycles. The highest BCUT2D eigenvalue weighted by atomic mass is 35.5. The molecule has 0 fully saturated rings. The summed E-state index contributed by atoms with van der Waals surface area (Å²) in [7, 11) is 0. The van der Waals surface area contributed by atoms with Gasteiger partial charge in [0.1, 0.15) is 0 Å². The highest BCUT2D eigenvalue weighted by Gasteiger charge is 2.13. The topological polar surface area (TPSA) is 34.9 Å². The van der Waals surface area contributed by atoms with Crippen LogP contribution in [0.1, 0.15) is 5.56 Å². The molecule has 0 bridgehead atoms. The second-order valence-electron chi connectivity index (χ2n) is 5.95. The van der Waals surface area contributed by atoms with Crippen LogP contribution in [0.5, 0.6) is 0 Å². The lowest BCUT2D eigenvalue weighted by atomic mass is 10.2. The number of benzene rings is 3. The van der Waals surface area contributed by atoms with Crippen LogP contribution in [0.4, 0.5) is 0 Å². The Balaban J connectivity index is 1.83. The third-order valence-corrected chi connectivity index (χ3v) is 5.58. The lowest BCUT2D eigenvalue weighted by molar-refractivity contribution is 0.819. The molecule has 0 spiro atoms. The van der Waals surface area contributed by atoms with Gasteiger partial charge in [0.15, 0.2) is 5.16 Å². The van der Waals surface area contributed by atoms with Crippen molar-refractivity contribution in [1.82, 2.24) is 9.55 Å². The molecule has 0 aliphatic rings. The molecule has 134 valence electrons. The van der Waals surface area contributed by atoms with Gasteiger partial charge in [-0.1, -0.05) is 59.2 Å². The minimum absolute atomic E-state index is 0.100. The number of fused-ring (bicyclic) bond motifs is 1. The number of thioether (sulfide) groups is 1. The number of rotatable bonds is 4. The molecule has 0 aliphatic heterocycles. The molecule has 4 rings (SSSR count). The van der Waals surface area contributed by atoms with Gasteiger partial charge in [0.05, 0.1) is 16.6 Å². The molecule has 1 aromatic heterocycles. The van der Waals surface area contributed by atoms with Crippen LogP contribution in [0.2, 0.25) is 10.0 Å². The monoisotopic (exact) mass is 412 g/mol. The molecule has 1 heterocycles. The maximum Gasteiger partial charge on any atom is 0.266 e. The number of nitrogens with zero attached hydrogens (tertiary/aromatic N) is 2. The average molecular weight is 413 g/mol. The van der Waals surface area contributed by atoms with Gasteiger partial charge >= 0.3 is 0 Å². The Kier molecular flexibility index (Phi) is 5.21. The van der Waals surface area contributed by atoms with Crippen LogP contribution < -0.4 is 5.56 Å². The lowest BCUT2D eigenvalue weighted by Crippen LogP contribution is -2.21. The molecular weight excluding hydrogens is 399 g/mol. The number of para-hydroxylation sites is 1. The third kappa shape index (κ3) is 3.88. The van der Waals surface area contributed by atoms with E-state index < -0.39 is 0 Å². The van der Waals surface area contributed by atoms with E-state index in [9.17, 15) is 4.79 Å². The van der Waals surface area contributed by atoms with Gasteiger partial charge in [0, 0.05) is 15.8 Å². The molecule has 0 amide bonds. The van der Waals surface area contributed by atoms with Crippen LogP contribution in [0, 0.1) is 0 Å². The molecule has 0 unspecified atom stereocenters. The summed E-state index contributed by atoms with van der Waals surface area (Å²) in [5.74, 6) is 0.652. The second kappa shape index (κ2) is 7.77. The molecular formula is C21H14Cl2N2OS. The van der Waals surface area contributed by atoms with Crippen LogP contribution in [-0.2, 0) is 5.75 Å². The van der Waals surface area contributed by atoms with Crippen molar-refractivity contribution in [3.63, 3.8) is 0 Å². The van der Waals surface area contributed by atoms with Crippen molar-refractivity contribution in [2.24, 2.45) is 0 Å². The van der Waals surface area contributed by atoms with Crippen LogP contribution in [0.3, 0.4) is 0 Å². The van der Waals surface area contributed by atoms with Gasteiger partial charge in [-0.3, -0.25) is 9.36 Å². The van der Waals surface area contributed by atoms with Crippen LogP contribution in [0.25, 0.3) is 16.6 Å². The Labute approximate surface area is 170 Å². The normalized spacial score (nSPS) is 11.0. The van der Waals surface area contributed by atoms with Crippen molar-refractivity contribution in [2.45, 2.75) is 10.9 Å². The van der Waals surface area contributed by atoms with Crippen molar-refractivity contribution in [1.29, 1.82) is 0 Å². The summed E-state index contributed by atoms with van der Waals surface area (Å²) < 4.78 is 1.63. The zero-order valence-electron chi connectivity index (χ0n) is 14.1. The van der Waals surface area contributed by atoms with Crippen molar-refractivity contribution < 1.29 is 0 Å². The largest absolute Gasteiger partial charge is 0.268 e. The van der Waals surface area contributed by atoms with Gasteiger partial charge in [0.2, 0.25) is 0 Å². The Morgan fingerprint density at radius 2 is 1.67 bits per heavy atom. The number of hydrogen-bond acceptors (Lipinski definition) is 3. The predicted molar refractivity (Wildman–Crippen MR) is 113 cm³/mol. The summed E-state index contributed by atoms with van der Waals surface area (Å²) in [5, 5.41) is 2.52. The number of halogens is 2. The molecule has 4 aromatic rings. The van der Waals surface area contributed by atoms with Crippen LogP contribution >= 0.6 is 35.0 Å². The van der Waals surface area contributed by atoms with Gasteiger partial charge in [0.25, 0.3) is 5.56 Å². The Morgan fingerprint density at radius 1 is 0.889 bits per heavy atom. The van der Waals surface area contributed by atoms with E-state index in [-0.39, 0.29) is 5.56 Å². The molecule has 27 heavy (non-hydrogen) atoms. The zero-order chi connectivity index (χ0) is 18.8. The maximum absolute atomic E-state index is 13.2. The molecule has 0 atom stereocenters. The van der Waals surface area contributed by atoms with E-state index in [1.807, 2.05) is 54.6 Å². The summed E-state index contributed by atoms with van der Waals surface area (Å²) in [5.41, 5.74) is 2.38. The first-order chi connectivity index (χ1) is 13.1. The molecule has 0 radical (unpaired) electrons. The predicted octanol–water partition coefficient (Wildman–Crippen LogP) is 5.98. The van der Waals surface area contributed by atoms with Crippen LogP contribution in [0.15, 0.2) is 82.7 Å². The first-order valence-corrected chi connectivity index (χ1v) is 10.0. The fourth-order valence-electron chi connectivity index (χ4n) is 2.80. The summed E-state index contributed by atoms with van der Waals surface area (Å²) in [4.78, 5) is 17.9. The third-order valence-electron chi connectivity index (χ3n) is 4.09. The first-order valence-electron chi connectivity index (χ1n) is 8.27. The Morgan fingerprint density at radius 3 is 2.44 bits per heavy atom. The molecule has 0 saturated carbocycles. The standard InChI is InChI=1S/C21H14Cl2N2OS/c22-15-8-10-17(11-9-15)25-20(26)18-6-1-2-7-19(18)24-21(25)27-13-14-4-3-5-16(23)12-14/h1-12H,13H2. The number of aromatic nitrogens is 2. The van der Waals surface area contributed by atoms with Crippen molar-refractivity contribution in [2.75, 3.05) is 0 Å². The molecule has 3 nitrogen and oxygen atoms in total. The SMILES string of the molecule is O=c1c2ccccc2nc(SCc2cccc(Cl)c2)n1-c1ccc(Cl)cc1. The van der Waals surface area contributed by atoms with Gasteiger partial charge in [-0.2, -0.15) is 0 Å². The minimum atomic E-state index is -0.100. The van der Waals surface area contributed by atoms with Crippen molar-refractivity contribution in [3.8, 4) is 5.69 Å². The van der Waals surface area contributed by atoms with Crippen molar-refractivity contribution in [3.05, 3.63) is 98.8 Å². The molecule has 0 aliphatic carbocycles. The maximum atomic E-state index is 13.2. The summed E-state index contributed by atoms with van der Waals surface area (Å²) in [6.07, 6.45) is 0. The average Bonchev–Trinajstić information content (AvgIpc) is 2.68. The molecule has 0 N–H and O–H groups in total. The molecule has 6 heteroatoms. The minimum Gasteiger partial charge on any atom is -0.268 e.